The summed E-state index contributed by atoms with van der Waals surface area (Å²) in [4.78, 5) is 9.19. The second kappa shape index (κ2) is 8.68. The number of ether oxygens (including phenoxy) is 1. The Morgan fingerprint density at radius 1 is 1.26 bits per heavy atom. The Hall–Kier alpha value is -0.430. The first kappa shape index (κ1) is 16.6. The van der Waals surface area contributed by atoms with E-state index in [4.69, 9.17) is 4.74 Å². The van der Waals surface area contributed by atoms with E-state index in [-0.39, 0.29) is 0 Å². The van der Waals surface area contributed by atoms with Crippen molar-refractivity contribution >= 4 is 28.4 Å². The highest BCUT2D eigenvalue weighted by Crippen LogP contribution is 2.21. The molecule has 0 radical (unpaired) electrons. The van der Waals surface area contributed by atoms with E-state index < -0.39 is 0 Å². The van der Waals surface area contributed by atoms with Gasteiger partial charge < -0.3 is 10.1 Å². The summed E-state index contributed by atoms with van der Waals surface area (Å²) in [5, 5.41) is 3.31. The van der Waals surface area contributed by atoms with Gasteiger partial charge in [-0.05, 0) is 48.3 Å². The van der Waals surface area contributed by atoms with Crippen molar-refractivity contribution in [3.8, 4) is 0 Å². The predicted octanol–water partition coefficient (Wildman–Crippen LogP) is 3.64. The number of halogens is 1. The fourth-order valence-corrected chi connectivity index (χ4v) is 2.38. The molecule has 1 N–H and O–H groups in total. The summed E-state index contributed by atoms with van der Waals surface area (Å²) in [6, 6.07) is 0. The lowest BCUT2D eigenvalue weighted by molar-refractivity contribution is 0.116. The quantitative estimate of drug-likeness (QED) is 0.555. The van der Waals surface area contributed by atoms with Crippen molar-refractivity contribution in [2.45, 2.75) is 47.1 Å². The highest BCUT2D eigenvalue weighted by Gasteiger charge is 2.13. The van der Waals surface area contributed by atoms with Gasteiger partial charge >= 0.3 is 0 Å². The lowest BCUT2D eigenvalue weighted by Gasteiger charge is -2.13. The van der Waals surface area contributed by atoms with E-state index >= 15 is 0 Å². The molecule has 0 saturated carbocycles. The summed E-state index contributed by atoms with van der Waals surface area (Å²) >= 11 is 2.33. The first-order valence-electron chi connectivity index (χ1n) is 6.95. The number of nitrogens with zero attached hydrogens (tertiary/aromatic N) is 2. The SMILES string of the molecule is CCCOCc1nc(CC(C)C)c(I)c(NCC)n1. The van der Waals surface area contributed by atoms with Gasteiger partial charge in [-0.25, -0.2) is 9.97 Å². The molecule has 1 aromatic rings. The maximum Gasteiger partial charge on any atom is 0.156 e. The molecule has 19 heavy (non-hydrogen) atoms. The summed E-state index contributed by atoms with van der Waals surface area (Å²) in [5.41, 5.74) is 1.12. The van der Waals surface area contributed by atoms with E-state index in [1.807, 2.05) is 0 Å². The van der Waals surface area contributed by atoms with Crippen molar-refractivity contribution in [1.29, 1.82) is 0 Å². The van der Waals surface area contributed by atoms with Crippen molar-refractivity contribution in [1.82, 2.24) is 9.97 Å². The van der Waals surface area contributed by atoms with Crippen molar-refractivity contribution in [2.24, 2.45) is 5.92 Å². The maximum atomic E-state index is 5.55. The van der Waals surface area contributed by atoms with E-state index in [2.05, 4.69) is 65.6 Å². The minimum Gasteiger partial charge on any atom is -0.373 e. The molecular formula is C14H24IN3O. The van der Waals surface area contributed by atoms with Crippen LogP contribution in [0.4, 0.5) is 5.82 Å². The van der Waals surface area contributed by atoms with Gasteiger partial charge in [0, 0.05) is 13.2 Å². The number of aromatic nitrogens is 2. The Bertz CT molecular complexity index is 397. The third-order valence-corrected chi connectivity index (χ3v) is 3.63. The molecule has 0 aliphatic carbocycles. The summed E-state index contributed by atoms with van der Waals surface area (Å²) in [6.07, 6.45) is 1.99. The van der Waals surface area contributed by atoms with E-state index in [0.717, 1.165) is 46.9 Å². The van der Waals surface area contributed by atoms with Crippen LogP contribution in [-0.2, 0) is 17.8 Å². The smallest absolute Gasteiger partial charge is 0.156 e. The van der Waals surface area contributed by atoms with Crippen molar-refractivity contribution in [3.05, 3.63) is 15.1 Å². The zero-order chi connectivity index (χ0) is 14.3. The molecule has 1 aromatic heterocycles. The number of hydrogen-bond acceptors (Lipinski definition) is 4. The van der Waals surface area contributed by atoms with Crippen LogP contribution in [0, 0.1) is 9.49 Å². The summed E-state index contributed by atoms with van der Waals surface area (Å²) in [6.45, 7) is 10.7. The fourth-order valence-electron chi connectivity index (χ4n) is 1.72. The zero-order valence-corrected chi connectivity index (χ0v) is 14.5. The third kappa shape index (κ3) is 5.60. The summed E-state index contributed by atoms with van der Waals surface area (Å²) in [5.74, 6) is 2.30. The average molecular weight is 377 g/mol. The van der Waals surface area contributed by atoms with Crippen LogP contribution in [-0.4, -0.2) is 23.1 Å². The van der Waals surface area contributed by atoms with Gasteiger partial charge in [0.05, 0.1) is 9.26 Å². The maximum absolute atomic E-state index is 5.55. The van der Waals surface area contributed by atoms with E-state index in [1.165, 1.54) is 0 Å². The van der Waals surface area contributed by atoms with Crippen molar-refractivity contribution in [2.75, 3.05) is 18.5 Å². The number of hydrogen-bond donors (Lipinski definition) is 1. The van der Waals surface area contributed by atoms with Gasteiger partial charge in [0.2, 0.25) is 0 Å². The molecule has 4 nitrogen and oxygen atoms in total. The van der Waals surface area contributed by atoms with Crippen LogP contribution in [0.1, 0.15) is 45.6 Å². The fraction of sp³-hybridized carbons (Fsp3) is 0.714. The molecule has 0 unspecified atom stereocenters. The molecule has 0 aliphatic rings. The van der Waals surface area contributed by atoms with Gasteiger partial charge in [-0.15, -0.1) is 0 Å². The number of rotatable bonds is 8. The molecule has 0 amide bonds. The Balaban J connectivity index is 2.93. The minimum absolute atomic E-state index is 0.494. The van der Waals surface area contributed by atoms with Gasteiger partial charge in [0.25, 0.3) is 0 Å². The average Bonchev–Trinajstić information content (AvgIpc) is 2.35. The molecule has 0 fully saturated rings. The topological polar surface area (TPSA) is 47.0 Å². The Morgan fingerprint density at radius 3 is 2.58 bits per heavy atom. The van der Waals surface area contributed by atoms with Crippen LogP contribution in [0.3, 0.4) is 0 Å². The van der Waals surface area contributed by atoms with E-state index in [1.54, 1.807) is 0 Å². The molecule has 0 bridgehead atoms. The monoisotopic (exact) mass is 377 g/mol. The molecule has 108 valence electrons. The van der Waals surface area contributed by atoms with Crippen molar-refractivity contribution < 1.29 is 4.74 Å². The van der Waals surface area contributed by atoms with Gasteiger partial charge in [-0.2, -0.15) is 0 Å². The molecule has 1 rings (SSSR count). The standard InChI is InChI=1S/C14H24IN3O/c1-5-7-19-9-12-17-11(8-10(3)4)13(15)14(18-12)16-6-2/h10H,5-9H2,1-4H3,(H,16,17,18). The summed E-state index contributed by atoms with van der Waals surface area (Å²) in [7, 11) is 0. The van der Waals surface area contributed by atoms with Gasteiger partial charge in [-0.3, -0.25) is 0 Å². The van der Waals surface area contributed by atoms with Crippen LogP contribution in [0.5, 0.6) is 0 Å². The molecular weight excluding hydrogens is 353 g/mol. The highest BCUT2D eigenvalue weighted by atomic mass is 127. The highest BCUT2D eigenvalue weighted by molar-refractivity contribution is 14.1. The second-order valence-electron chi connectivity index (χ2n) is 4.93. The minimum atomic E-state index is 0.494. The third-order valence-electron chi connectivity index (χ3n) is 2.49. The van der Waals surface area contributed by atoms with Crippen LogP contribution < -0.4 is 5.32 Å². The first-order valence-corrected chi connectivity index (χ1v) is 8.03. The summed E-state index contributed by atoms with van der Waals surface area (Å²) < 4.78 is 6.68. The van der Waals surface area contributed by atoms with Crippen LogP contribution >= 0.6 is 22.6 Å². The molecule has 0 atom stereocenters. The second-order valence-corrected chi connectivity index (χ2v) is 6.01. The van der Waals surface area contributed by atoms with E-state index in [0.29, 0.717) is 12.5 Å². The van der Waals surface area contributed by atoms with Gasteiger partial charge in [0.15, 0.2) is 5.82 Å². The Kier molecular flexibility index (Phi) is 7.60. The molecule has 0 aromatic carbocycles. The normalized spacial score (nSPS) is 11.1. The first-order chi connectivity index (χ1) is 9.08. The van der Waals surface area contributed by atoms with Gasteiger partial charge in [-0.1, -0.05) is 20.8 Å². The van der Waals surface area contributed by atoms with Crippen LogP contribution in [0.25, 0.3) is 0 Å². The van der Waals surface area contributed by atoms with Crippen molar-refractivity contribution in [3.63, 3.8) is 0 Å². The molecule has 0 aliphatic heterocycles. The zero-order valence-electron chi connectivity index (χ0n) is 12.3. The lowest BCUT2D eigenvalue weighted by Crippen LogP contribution is -2.12. The van der Waals surface area contributed by atoms with Crippen LogP contribution in [0.15, 0.2) is 0 Å². The Morgan fingerprint density at radius 2 is 2.00 bits per heavy atom. The molecule has 1 heterocycles. The molecule has 0 spiro atoms. The van der Waals surface area contributed by atoms with E-state index in [9.17, 15) is 0 Å². The van der Waals surface area contributed by atoms with Gasteiger partial charge in [0.1, 0.15) is 12.4 Å². The number of anilines is 1. The molecule has 5 heteroatoms. The Labute approximate surface area is 129 Å². The molecule has 0 saturated heterocycles. The lowest BCUT2D eigenvalue weighted by atomic mass is 10.1. The number of nitrogens with one attached hydrogen (secondary N) is 1. The predicted molar refractivity (Wildman–Crippen MR) is 87.4 cm³/mol. The largest absolute Gasteiger partial charge is 0.373 e. The van der Waals surface area contributed by atoms with Crippen LogP contribution in [0.2, 0.25) is 0 Å².